The molecule has 26 heavy (non-hydrogen) atoms. The Morgan fingerprint density at radius 2 is 2.04 bits per heavy atom. The Labute approximate surface area is 148 Å². The quantitative estimate of drug-likeness (QED) is 0.349. The molecule has 0 bridgehead atoms. The lowest BCUT2D eigenvalue weighted by Crippen LogP contribution is -2.33. The number of hydrogen-bond acceptors (Lipinski definition) is 9. The minimum Gasteiger partial charge on any atom is -0.352 e. The summed E-state index contributed by atoms with van der Waals surface area (Å²) in [6.07, 6.45) is 1.19. The van der Waals surface area contributed by atoms with Gasteiger partial charge in [-0.2, -0.15) is 0 Å². The zero-order valence-electron chi connectivity index (χ0n) is 13.3. The largest absolute Gasteiger partial charge is 0.476 e. The molecule has 2 rings (SSSR count). The molecule has 2 heterocycles. The van der Waals surface area contributed by atoms with Gasteiger partial charge in [0, 0.05) is 11.8 Å². The standard InChI is InChI=1S/C10H17N2O11P3/c1-6-4-12(10(14)11-9(6)13)8-3-2-7(21-8)5-20-24(15)22-25(16)23-26(17,18)19/h4,7-8,15-16H,2-3,5H2,1H3,(H,11,13,14)(H2,17,18,19). The van der Waals surface area contributed by atoms with Gasteiger partial charge in [-0.05, 0) is 19.8 Å². The van der Waals surface area contributed by atoms with Crippen LogP contribution in [-0.2, 0) is 22.4 Å². The number of nitrogens with one attached hydrogen (secondary N) is 1. The van der Waals surface area contributed by atoms with Gasteiger partial charge in [-0.1, -0.05) is 0 Å². The molecule has 1 fully saturated rings. The first-order valence-electron chi connectivity index (χ1n) is 7.07. The molecule has 0 amide bonds. The summed E-state index contributed by atoms with van der Waals surface area (Å²) in [6, 6.07) is 0. The number of aryl methyl sites for hydroxylation is 1. The van der Waals surface area contributed by atoms with Gasteiger partial charge in [0.05, 0.1) is 12.7 Å². The normalized spacial score (nSPS) is 23.1. The number of H-pyrrole nitrogens is 1. The lowest BCUT2D eigenvalue weighted by Gasteiger charge is -2.18. The van der Waals surface area contributed by atoms with Crippen molar-refractivity contribution in [1.82, 2.24) is 9.55 Å². The predicted molar refractivity (Wildman–Crippen MR) is 87.6 cm³/mol. The molecule has 0 aromatic carbocycles. The molecule has 0 aliphatic carbocycles. The Hall–Kier alpha value is -0.550. The minimum atomic E-state index is -4.96. The van der Waals surface area contributed by atoms with Gasteiger partial charge in [-0.15, -0.1) is 0 Å². The zero-order valence-corrected chi connectivity index (χ0v) is 16.0. The van der Waals surface area contributed by atoms with Crippen LogP contribution in [0.5, 0.6) is 0 Å². The lowest BCUT2D eigenvalue weighted by molar-refractivity contribution is -0.0215. The number of aromatic nitrogens is 2. The number of rotatable bonds is 8. The predicted octanol–water partition coefficient (Wildman–Crippen LogP) is 0.104. The highest BCUT2D eigenvalue weighted by molar-refractivity contribution is 7.62. The van der Waals surface area contributed by atoms with Crippen molar-refractivity contribution in [2.24, 2.45) is 0 Å². The third-order valence-corrected chi connectivity index (χ3v) is 6.13. The van der Waals surface area contributed by atoms with E-state index >= 15 is 0 Å². The average molecular weight is 434 g/mol. The summed E-state index contributed by atoms with van der Waals surface area (Å²) in [7, 11) is -10.6. The van der Waals surface area contributed by atoms with Gasteiger partial charge in [0.15, 0.2) is 0 Å². The van der Waals surface area contributed by atoms with Crippen LogP contribution in [0.25, 0.3) is 0 Å². The van der Waals surface area contributed by atoms with E-state index in [0.717, 1.165) is 0 Å². The second-order valence-corrected chi connectivity index (χ2v) is 8.69. The molecule has 0 saturated carbocycles. The van der Waals surface area contributed by atoms with E-state index < -0.39 is 48.6 Å². The number of hydrogen-bond donors (Lipinski definition) is 5. The van der Waals surface area contributed by atoms with Crippen LogP contribution < -0.4 is 11.2 Å². The van der Waals surface area contributed by atoms with Crippen molar-refractivity contribution >= 4 is 25.0 Å². The first-order valence-corrected chi connectivity index (χ1v) is 10.9. The molecule has 13 nitrogen and oxygen atoms in total. The second-order valence-electron chi connectivity index (χ2n) is 5.19. The fraction of sp³-hybridized carbons (Fsp3) is 0.600. The summed E-state index contributed by atoms with van der Waals surface area (Å²) < 4.78 is 30.5. The highest BCUT2D eigenvalue weighted by atomic mass is 31.3. The second kappa shape index (κ2) is 9.09. The van der Waals surface area contributed by atoms with Crippen molar-refractivity contribution in [3.63, 3.8) is 0 Å². The van der Waals surface area contributed by atoms with Crippen LogP contribution in [0.15, 0.2) is 15.8 Å². The maximum absolute atomic E-state index is 11.8. The van der Waals surface area contributed by atoms with Crippen LogP contribution in [0.4, 0.5) is 0 Å². The van der Waals surface area contributed by atoms with Crippen molar-refractivity contribution in [3.8, 4) is 0 Å². The highest BCUT2D eigenvalue weighted by Crippen LogP contribution is 2.58. The van der Waals surface area contributed by atoms with Crippen molar-refractivity contribution in [3.05, 3.63) is 32.6 Å². The topological polar surface area (TPSA) is 190 Å². The summed E-state index contributed by atoms with van der Waals surface area (Å²) in [4.78, 5) is 60.9. The Morgan fingerprint density at radius 3 is 2.69 bits per heavy atom. The van der Waals surface area contributed by atoms with E-state index in [9.17, 15) is 19.0 Å². The van der Waals surface area contributed by atoms with Gasteiger partial charge in [-0.3, -0.25) is 14.3 Å². The van der Waals surface area contributed by atoms with Crippen LogP contribution in [0.1, 0.15) is 24.6 Å². The number of nitrogens with zero attached hydrogens (tertiary/aromatic N) is 1. The Morgan fingerprint density at radius 1 is 1.35 bits per heavy atom. The van der Waals surface area contributed by atoms with E-state index in [1.807, 2.05) is 0 Å². The maximum atomic E-state index is 11.8. The third kappa shape index (κ3) is 6.56. The minimum absolute atomic E-state index is 0.158. The molecule has 4 unspecified atom stereocenters. The fourth-order valence-corrected chi connectivity index (χ4v) is 4.23. The summed E-state index contributed by atoms with van der Waals surface area (Å²) >= 11 is 0. The van der Waals surface area contributed by atoms with E-state index in [4.69, 9.17) is 23.9 Å². The van der Waals surface area contributed by atoms with Crippen LogP contribution in [0, 0.1) is 6.92 Å². The molecule has 16 heteroatoms. The summed E-state index contributed by atoms with van der Waals surface area (Å²) in [5.74, 6) is 0. The summed E-state index contributed by atoms with van der Waals surface area (Å²) in [6.45, 7) is 1.39. The molecule has 1 aromatic rings. The maximum Gasteiger partial charge on any atom is 0.476 e. The summed E-state index contributed by atoms with van der Waals surface area (Å²) in [5.41, 5.74) is -0.743. The fourth-order valence-electron chi connectivity index (χ4n) is 2.15. The van der Waals surface area contributed by atoms with Crippen molar-refractivity contribution < 1.29 is 42.0 Å². The van der Waals surface area contributed by atoms with Crippen LogP contribution in [0.2, 0.25) is 0 Å². The smallest absolute Gasteiger partial charge is 0.352 e. The van der Waals surface area contributed by atoms with E-state index in [-0.39, 0.29) is 6.61 Å². The van der Waals surface area contributed by atoms with E-state index in [1.54, 1.807) is 6.92 Å². The van der Waals surface area contributed by atoms with Crippen molar-refractivity contribution in [2.75, 3.05) is 6.61 Å². The molecule has 1 aliphatic rings. The van der Waals surface area contributed by atoms with Crippen molar-refractivity contribution in [1.29, 1.82) is 0 Å². The van der Waals surface area contributed by atoms with E-state index in [2.05, 4.69) is 13.6 Å². The number of aromatic amines is 1. The van der Waals surface area contributed by atoms with Crippen LogP contribution in [-0.4, -0.2) is 41.8 Å². The summed E-state index contributed by atoms with van der Waals surface area (Å²) in [5, 5.41) is 0. The number of ether oxygens (including phenoxy) is 1. The molecule has 5 N–H and O–H groups in total. The van der Waals surface area contributed by atoms with Gasteiger partial charge >= 0.3 is 30.7 Å². The molecular formula is C10H17N2O11P3. The Kier molecular flexibility index (Phi) is 7.61. The Balaban J connectivity index is 1.83. The average Bonchev–Trinajstić information content (AvgIpc) is 2.95. The number of phosphoric acid groups is 1. The monoisotopic (exact) mass is 434 g/mol. The molecule has 0 spiro atoms. The Bertz CT molecular complexity index is 776. The molecule has 1 saturated heterocycles. The highest BCUT2D eigenvalue weighted by Gasteiger charge is 2.30. The molecule has 1 aliphatic heterocycles. The van der Waals surface area contributed by atoms with E-state index in [0.29, 0.717) is 18.4 Å². The van der Waals surface area contributed by atoms with Crippen LogP contribution in [0.3, 0.4) is 0 Å². The molecule has 1 aromatic heterocycles. The van der Waals surface area contributed by atoms with Gasteiger partial charge in [0.1, 0.15) is 6.23 Å². The molecule has 0 radical (unpaired) electrons. The van der Waals surface area contributed by atoms with Gasteiger partial charge in [-0.25, -0.2) is 18.0 Å². The van der Waals surface area contributed by atoms with E-state index in [1.165, 1.54) is 10.8 Å². The van der Waals surface area contributed by atoms with Gasteiger partial charge in [0.25, 0.3) is 5.56 Å². The molecule has 148 valence electrons. The molecular weight excluding hydrogens is 417 g/mol. The first kappa shape index (κ1) is 21.7. The van der Waals surface area contributed by atoms with Gasteiger partial charge in [0.2, 0.25) is 0 Å². The third-order valence-electron chi connectivity index (χ3n) is 3.23. The van der Waals surface area contributed by atoms with Gasteiger partial charge < -0.3 is 28.8 Å². The zero-order chi connectivity index (χ0) is 19.5. The first-order chi connectivity index (χ1) is 12.0. The lowest BCUT2D eigenvalue weighted by atomic mass is 10.2. The molecule has 4 atom stereocenters. The van der Waals surface area contributed by atoms with Crippen molar-refractivity contribution in [2.45, 2.75) is 32.1 Å². The van der Waals surface area contributed by atoms with Crippen LogP contribution >= 0.6 is 25.0 Å². The SMILES string of the molecule is Cc1cn(C2CCC(COP(O)OP(O)OP(=O)(O)O)O2)c(=O)[nH]c1=O.